The van der Waals surface area contributed by atoms with E-state index in [0.717, 1.165) is 16.9 Å². The Morgan fingerprint density at radius 3 is 2.38 bits per heavy atom. The summed E-state index contributed by atoms with van der Waals surface area (Å²) in [6.45, 7) is 1.22. The quantitative estimate of drug-likeness (QED) is 0.745. The number of rotatable bonds is 6. The third-order valence-corrected chi connectivity index (χ3v) is 4.00. The number of pyridine rings is 1. The fourth-order valence-corrected chi connectivity index (χ4v) is 2.70. The lowest BCUT2D eigenvalue weighted by Crippen LogP contribution is -2.23. The standard InChI is InChI=1S/C21H18N4O/c22-12-18-9-10-20(24-13-18)25(14-16-5-2-1-3-6-16)15-17-7-4-8-19(11-17)21(23)26/h1-11,13H,14-15H2,(H2,23,26). The lowest BCUT2D eigenvalue weighted by molar-refractivity contribution is 0.1000. The first-order valence-electron chi connectivity index (χ1n) is 8.19. The second-order valence-corrected chi connectivity index (χ2v) is 5.92. The Bertz CT molecular complexity index is 930. The maximum Gasteiger partial charge on any atom is 0.248 e. The van der Waals surface area contributed by atoms with Crippen molar-refractivity contribution >= 4 is 11.7 Å². The molecular weight excluding hydrogens is 324 g/mol. The van der Waals surface area contributed by atoms with Gasteiger partial charge >= 0.3 is 0 Å². The SMILES string of the molecule is N#Cc1ccc(N(Cc2ccccc2)Cc2cccc(C(N)=O)c2)nc1. The van der Waals surface area contributed by atoms with Crippen LogP contribution in [0.4, 0.5) is 5.82 Å². The molecule has 0 aliphatic rings. The molecule has 5 nitrogen and oxygen atoms in total. The summed E-state index contributed by atoms with van der Waals surface area (Å²) in [6, 6.07) is 23.0. The molecule has 3 aromatic rings. The number of nitrogens with two attached hydrogens (primary N) is 1. The van der Waals surface area contributed by atoms with Crippen molar-refractivity contribution in [2.45, 2.75) is 13.1 Å². The summed E-state index contributed by atoms with van der Waals surface area (Å²) in [7, 11) is 0. The molecule has 1 aromatic heterocycles. The Hall–Kier alpha value is -3.65. The van der Waals surface area contributed by atoms with Crippen molar-refractivity contribution in [3.63, 3.8) is 0 Å². The van der Waals surface area contributed by atoms with Crippen LogP contribution in [0.5, 0.6) is 0 Å². The second kappa shape index (κ2) is 7.95. The molecule has 0 aliphatic heterocycles. The van der Waals surface area contributed by atoms with Crippen molar-refractivity contribution in [2.75, 3.05) is 4.90 Å². The Labute approximate surface area is 152 Å². The average Bonchev–Trinajstić information content (AvgIpc) is 2.68. The van der Waals surface area contributed by atoms with Crippen molar-refractivity contribution < 1.29 is 4.79 Å². The minimum atomic E-state index is -0.446. The van der Waals surface area contributed by atoms with Gasteiger partial charge in [-0.05, 0) is 35.4 Å². The molecule has 0 saturated carbocycles. The summed E-state index contributed by atoms with van der Waals surface area (Å²) < 4.78 is 0. The Kier molecular flexibility index (Phi) is 5.25. The van der Waals surface area contributed by atoms with Crippen LogP contribution in [0.1, 0.15) is 27.0 Å². The predicted molar refractivity (Wildman–Crippen MR) is 100 cm³/mol. The van der Waals surface area contributed by atoms with E-state index in [0.29, 0.717) is 24.2 Å². The van der Waals surface area contributed by atoms with Gasteiger partial charge in [0.25, 0.3) is 0 Å². The molecule has 0 aliphatic carbocycles. The van der Waals surface area contributed by atoms with Crippen molar-refractivity contribution in [1.82, 2.24) is 4.98 Å². The minimum Gasteiger partial charge on any atom is -0.366 e. The number of primary amides is 1. The molecule has 2 N–H and O–H groups in total. The third kappa shape index (κ3) is 4.25. The molecule has 5 heteroatoms. The van der Waals surface area contributed by atoms with Crippen LogP contribution in [0, 0.1) is 11.3 Å². The molecule has 0 fully saturated rings. The summed E-state index contributed by atoms with van der Waals surface area (Å²) in [5.74, 6) is 0.315. The molecule has 0 saturated heterocycles. The van der Waals surface area contributed by atoms with E-state index in [4.69, 9.17) is 11.0 Å². The zero-order chi connectivity index (χ0) is 18.4. The number of carbonyl (C=O) groups excluding carboxylic acids is 1. The van der Waals surface area contributed by atoms with Crippen LogP contribution in [0.3, 0.4) is 0 Å². The third-order valence-electron chi connectivity index (χ3n) is 4.00. The number of hydrogen-bond donors (Lipinski definition) is 1. The summed E-state index contributed by atoms with van der Waals surface area (Å²) >= 11 is 0. The van der Waals surface area contributed by atoms with E-state index in [9.17, 15) is 4.79 Å². The van der Waals surface area contributed by atoms with E-state index in [1.54, 1.807) is 24.4 Å². The van der Waals surface area contributed by atoms with Gasteiger partial charge in [0, 0.05) is 24.8 Å². The lowest BCUT2D eigenvalue weighted by atomic mass is 10.1. The number of aromatic nitrogens is 1. The monoisotopic (exact) mass is 342 g/mol. The lowest BCUT2D eigenvalue weighted by Gasteiger charge is -2.24. The normalized spacial score (nSPS) is 10.1. The highest BCUT2D eigenvalue weighted by atomic mass is 16.1. The molecule has 3 rings (SSSR count). The van der Waals surface area contributed by atoms with Crippen LogP contribution < -0.4 is 10.6 Å². The van der Waals surface area contributed by atoms with Gasteiger partial charge in [0.1, 0.15) is 11.9 Å². The van der Waals surface area contributed by atoms with E-state index < -0.39 is 5.91 Å². The van der Waals surface area contributed by atoms with Crippen LogP contribution in [-0.2, 0) is 13.1 Å². The highest BCUT2D eigenvalue weighted by Gasteiger charge is 2.11. The van der Waals surface area contributed by atoms with Gasteiger partial charge in [0.15, 0.2) is 0 Å². The highest BCUT2D eigenvalue weighted by Crippen LogP contribution is 2.19. The molecule has 1 amide bonds. The minimum absolute atomic E-state index is 0.446. The summed E-state index contributed by atoms with van der Waals surface area (Å²) in [4.78, 5) is 17.9. The molecule has 26 heavy (non-hydrogen) atoms. The highest BCUT2D eigenvalue weighted by molar-refractivity contribution is 5.92. The van der Waals surface area contributed by atoms with Gasteiger partial charge in [-0.25, -0.2) is 4.98 Å². The number of amides is 1. The average molecular weight is 342 g/mol. The van der Waals surface area contributed by atoms with Crippen LogP contribution in [-0.4, -0.2) is 10.9 Å². The fraction of sp³-hybridized carbons (Fsp3) is 0.0952. The van der Waals surface area contributed by atoms with Gasteiger partial charge in [0.05, 0.1) is 5.56 Å². The van der Waals surface area contributed by atoms with Crippen molar-refractivity contribution in [1.29, 1.82) is 5.26 Å². The van der Waals surface area contributed by atoms with Crippen molar-refractivity contribution in [3.05, 3.63) is 95.2 Å². The molecule has 0 atom stereocenters. The Balaban J connectivity index is 1.90. The van der Waals surface area contributed by atoms with E-state index in [1.807, 2.05) is 36.4 Å². The number of nitriles is 1. The Morgan fingerprint density at radius 1 is 1.00 bits per heavy atom. The van der Waals surface area contributed by atoms with Gasteiger partial charge in [-0.1, -0.05) is 42.5 Å². The summed E-state index contributed by atoms with van der Waals surface area (Å²) in [5.41, 5.74) is 8.49. The number of anilines is 1. The molecule has 0 radical (unpaired) electrons. The van der Waals surface area contributed by atoms with Crippen molar-refractivity contribution in [2.24, 2.45) is 5.73 Å². The van der Waals surface area contributed by atoms with Crippen LogP contribution >= 0.6 is 0 Å². The second-order valence-electron chi connectivity index (χ2n) is 5.92. The van der Waals surface area contributed by atoms with Crippen molar-refractivity contribution in [3.8, 4) is 6.07 Å². The van der Waals surface area contributed by atoms with E-state index in [-0.39, 0.29) is 0 Å². The number of benzene rings is 2. The molecule has 1 heterocycles. The molecular formula is C21H18N4O. The largest absolute Gasteiger partial charge is 0.366 e. The van der Waals surface area contributed by atoms with Gasteiger partial charge in [-0.3, -0.25) is 4.79 Å². The fourth-order valence-electron chi connectivity index (χ4n) is 2.70. The first-order valence-corrected chi connectivity index (χ1v) is 8.19. The summed E-state index contributed by atoms with van der Waals surface area (Å²) in [5, 5.41) is 8.97. The first kappa shape index (κ1) is 17.2. The zero-order valence-electron chi connectivity index (χ0n) is 14.2. The van der Waals surface area contributed by atoms with E-state index >= 15 is 0 Å². The molecule has 0 spiro atoms. The first-order chi connectivity index (χ1) is 12.7. The maximum atomic E-state index is 11.4. The van der Waals surface area contributed by atoms with Gasteiger partial charge in [-0.2, -0.15) is 5.26 Å². The van der Waals surface area contributed by atoms with Crippen LogP contribution in [0.15, 0.2) is 72.9 Å². The molecule has 0 unspecified atom stereocenters. The predicted octanol–water partition coefficient (Wildman–Crippen LogP) is 3.26. The van der Waals surface area contributed by atoms with Crippen LogP contribution in [0.25, 0.3) is 0 Å². The van der Waals surface area contributed by atoms with Gasteiger partial charge in [0.2, 0.25) is 5.91 Å². The van der Waals surface area contributed by atoms with Crippen LogP contribution in [0.2, 0.25) is 0 Å². The Morgan fingerprint density at radius 2 is 1.73 bits per heavy atom. The van der Waals surface area contributed by atoms with Gasteiger partial charge < -0.3 is 10.6 Å². The number of hydrogen-bond acceptors (Lipinski definition) is 4. The number of carbonyl (C=O) groups is 1. The smallest absolute Gasteiger partial charge is 0.248 e. The number of nitrogens with zero attached hydrogens (tertiary/aromatic N) is 3. The van der Waals surface area contributed by atoms with E-state index in [2.05, 4.69) is 28.1 Å². The summed E-state index contributed by atoms with van der Waals surface area (Å²) in [6.07, 6.45) is 1.56. The topological polar surface area (TPSA) is 83.0 Å². The maximum absolute atomic E-state index is 11.4. The molecule has 0 bridgehead atoms. The van der Waals surface area contributed by atoms with E-state index in [1.165, 1.54) is 0 Å². The zero-order valence-corrected chi connectivity index (χ0v) is 14.2. The molecule has 2 aromatic carbocycles. The molecule has 128 valence electrons. The van der Waals surface area contributed by atoms with Gasteiger partial charge in [-0.15, -0.1) is 0 Å².